The Labute approximate surface area is 309 Å². The Morgan fingerprint density at radius 3 is 1.49 bits per heavy atom. The Bertz CT molecular complexity index is 3220. The quantitative estimate of drug-likeness (QED) is 0.172. The highest BCUT2D eigenvalue weighted by atomic mass is 32.1. The molecular formula is C49H29N3S. The van der Waals surface area contributed by atoms with Gasteiger partial charge in [-0.2, -0.15) is 0 Å². The molecule has 0 aliphatic rings. The fraction of sp³-hybridized carbons (Fsp3) is 0. The maximum absolute atomic E-state index is 5.17. The third-order valence-electron chi connectivity index (χ3n) is 10.5. The molecular weight excluding hydrogens is 663 g/mol. The predicted molar refractivity (Wildman–Crippen MR) is 224 cm³/mol. The van der Waals surface area contributed by atoms with E-state index >= 15 is 0 Å². The van der Waals surface area contributed by atoms with E-state index in [0.29, 0.717) is 17.5 Å². The minimum atomic E-state index is 0.651. The van der Waals surface area contributed by atoms with E-state index in [1.807, 2.05) is 18.2 Å². The Kier molecular flexibility index (Phi) is 6.73. The van der Waals surface area contributed by atoms with Crippen LogP contribution in [0.15, 0.2) is 176 Å². The molecule has 0 unspecified atom stereocenters. The van der Waals surface area contributed by atoms with Gasteiger partial charge < -0.3 is 0 Å². The first-order valence-electron chi connectivity index (χ1n) is 17.9. The monoisotopic (exact) mass is 691 g/mol. The van der Waals surface area contributed by atoms with E-state index in [0.717, 1.165) is 22.3 Å². The van der Waals surface area contributed by atoms with E-state index in [1.54, 1.807) is 11.3 Å². The molecule has 3 nitrogen and oxygen atoms in total. The zero-order valence-electron chi connectivity index (χ0n) is 28.5. The molecule has 0 aliphatic heterocycles. The van der Waals surface area contributed by atoms with E-state index in [-0.39, 0.29) is 0 Å². The van der Waals surface area contributed by atoms with Crippen LogP contribution in [0.3, 0.4) is 0 Å². The van der Waals surface area contributed by atoms with Gasteiger partial charge in [0.05, 0.1) is 0 Å². The second-order valence-electron chi connectivity index (χ2n) is 13.5. The van der Waals surface area contributed by atoms with Crippen LogP contribution in [-0.2, 0) is 0 Å². The highest BCUT2D eigenvalue weighted by Gasteiger charge is 2.18. The summed E-state index contributed by atoms with van der Waals surface area (Å²) in [5, 5.41) is 12.6. The van der Waals surface area contributed by atoms with Crippen LogP contribution in [0.25, 0.3) is 109 Å². The Hall–Kier alpha value is -6.75. The summed E-state index contributed by atoms with van der Waals surface area (Å²) in [6.07, 6.45) is 0. The molecule has 0 atom stereocenters. The van der Waals surface area contributed by atoms with Crippen molar-refractivity contribution in [1.82, 2.24) is 15.0 Å². The van der Waals surface area contributed by atoms with Crippen LogP contribution in [0, 0.1) is 0 Å². The van der Waals surface area contributed by atoms with Crippen molar-refractivity contribution in [3.05, 3.63) is 176 Å². The molecule has 11 aromatic rings. The molecule has 0 radical (unpaired) electrons. The molecule has 2 aromatic heterocycles. The van der Waals surface area contributed by atoms with Crippen molar-refractivity contribution in [3.8, 4) is 45.3 Å². The Morgan fingerprint density at radius 1 is 0.283 bits per heavy atom. The largest absolute Gasteiger partial charge is 0.208 e. The zero-order valence-corrected chi connectivity index (χ0v) is 29.3. The summed E-state index contributed by atoms with van der Waals surface area (Å²) in [6.45, 7) is 0. The molecule has 9 aromatic carbocycles. The van der Waals surface area contributed by atoms with E-state index in [4.69, 9.17) is 15.0 Å². The average molecular weight is 692 g/mol. The van der Waals surface area contributed by atoms with Crippen LogP contribution in [0.1, 0.15) is 0 Å². The van der Waals surface area contributed by atoms with Crippen molar-refractivity contribution in [1.29, 1.82) is 0 Å². The first kappa shape index (κ1) is 29.9. The van der Waals surface area contributed by atoms with Gasteiger partial charge in [-0.3, -0.25) is 0 Å². The molecule has 246 valence electrons. The lowest BCUT2D eigenvalue weighted by molar-refractivity contribution is 1.08. The lowest BCUT2D eigenvalue weighted by Crippen LogP contribution is -2.00. The number of hydrogen-bond acceptors (Lipinski definition) is 4. The van der Waals surface area contributed by atoms with Crippen molar-refractivity contribution < 1.29 is 0 Å². The maximum atomic E-state index is 5.17. The van der Waals surface area contributed by atoms with Crippen molar-refractivity contribution in [2.75, 3.05) is 0 Å². The number of benzene rings is 9. The topological polar surface area (TPSA) is 38.7 Å². The van der Waals surface area contributed by atoms with Crippen LogP contribution in [0.4, 0.5) is 0 Å². The van der Waals surface area contributed by atoms with Gasteiger partial charge in [0.1, 0.15) is 0 Å². The third kappa shape index (κ3) is 4.77. The Balaban J connectivity index is 1.10. The fourth-order valence-electron chi connectivity index (χ4n) is 8.11. The van der Waals surface area contributed by atoms with E-state index in [2.05, 4.69) is 158 Å². The minimum Gasteiger partial charge on any atom is -0.208 e. The molecule has 0 fully saturated rings. The van der Waals surface area contributed by atoms with Gasteiger partial charge in [0.2, 0.25) is 0 Å². The highest BCUT2D eigenvalue weighted by molar-refractivity contribution is 7.25. The fourth-order valence-corrected chi connectivity index (χ4v) is 9.24. The molecule has 0 saturated heterocycles. The first-order valence-corrected chi connectivity index (χ1v) is 18.7. The summed E-state index contributed by atoms with van der Waals surface area (Å²) in [4.78, 5) is 15.3. The van der Waals surface area contributed by atoms with Crippen LogP contribution in [0.5, 0.6) is 0 Å². The predicted octanol–water partition coefficient (Wildman–Crippen LogP) is 13.5. The smallest absolute Gasteiger partial charge is 0.164 e. The van der Waals surface area contributed by atoms with Gasteiger partial charge in [-0.1, -0.05) is 158 Å². The molecule has 0 saturated carbocycles. The second-order valence-corrected chi connectivity index (χ2v) is 14.6. The van der Waals surface area contributed by atoms with Crippen molar-refractivity contribution in [2.24, 2.45) is 0 Å². The Morgan fingerprint density at radius 2 is 0.774 bits per heavy atom. The molecule has 53 heavy (non-hydrogen) atoms. The van der Waals surface area contributed by atoms with E-state index in [1.165, 1.54) is 68.8 Å². The number of aromatic nitrogens is 3. The summed E-state index contributed by atoms with van der Waals surface area (Å²) in [6, 6.07) is 62.7. The SMILES string of the molecule is c1ccc(-c2nc(-c3ccc(-c4cc5c6ccccc6c6ccccc6c5c5ccccc45)cc3)nc(-c3cccc4sc5ccccc5c34)n2)cc1. The minimum absolute atomic E-state index is 0.651. The third-order valence-corrected chi connectivity index (χ3v) is 11.6. The van der Waals surface area contributed by atoms with Gasteiger partial charge in [-0.05, 0) is 72.4 Å². The average Bonchev–Trinajstić information content (AvgIpc) is 3.63. The summed E-state index contributed by atoms with van der Waals surface area (Å²) >= 11 is 1.80. The van der Waals surface area contributed by atoms with Gasteiger partial charge in [0.25, 0.3) is 0 Å². The van der Waals surface area contributed by atoms with Gasteiger partial charge in [0, 0.05) is 36.9 Å². The molecule has 0 N–H and O–H groups in total. The van der Waals surface area contributed by atoms with Gasteiger partial charge in [0.15, 0.2) is 17.5 Å². The number of thiophene rings is 1. The van der Waals surface area contributed by atoms with Gasteiger partial charge in [-0.15, -0.1) is 11.3 Å². The molecule has 0 bridgehead atoms. The van der Waals surface area contributed by atoms with Crippen LogP contribution in [0.2, 0.25) is 0 Å². The number of fused-ring (bicyclic) bond motifs is 11. The van der Waals surface area contributed by atoms with Crippen molar-refractivity contribution in [2.45, 2.75) is 0 Å². The zero-order chi connectivity index (χ0) is 34.9. The number of nitrogens with zero attached hydrogens (tertiary/aromatic N) is 3. The molecule has 4 heteroatoms. The maximum Gasteiger partial charge on any atom is 0.164 e. The number of hydrogen-bond donors (Lipinski definition) is 0. The summed E-state index contributed by atoms with van der Waals surface area (Å²) < 4.78 is 2.48. The molecule has 0 amide bonds. The molecule has 0 spiro atoms. The second kappa shape index (κ2) is 11.9. The molecule has 11 rings (SSSR count). The summed E-state index contributed by atoms with van der Waals surface area (Å²) in [5.41, 5.74) is 5.27. The van der Waals surface area contributed by atoms with E-state index in [9.17, 15) is 0 Å². The summed E-state index contributed by atoms with van der Waals surface area (Å²) in [7, 11) is 0. The van der Waals surface area contributed by atoms with Crippen LogP contribution in [-0.4, -0.2) is 15.0 Å². The molecule has 2 heterocycles. The van der Waals surface area contributed by atoms with Crippen LogP contribution < -0.4 is 0 Å². The highest BCUT2D eigenvalue weighted by Crippen LogP contribution is 2.43. The van der Waals surface area contributed by atoms with Crippen molar-refractivity contribution >= 4 is 74.6 Å². The lowest BCUT2D eigenvalue weighted by atomic mass is 9.87. The summed E-state index contributed by atoms with van der Waals surface area (Å²) in [5.74, 6) is 1.98. The first-order chi connectivity index (χ1) is 26.3. The standard InChI is InChI=1S/C49H29N3S/c1-2-13-31(14-3-1)47-50-48(52-49(51-47)40-22-12-24-44-46(40)39-21-10-11-23-43(39)53-44)32-27-25-30(26-28-32)41-29-42-35-17-5-4-15-33(35)34-16-6-8-19-37(34)45(42)38-20-9-7-18-36(38)41/h1-29H. The number of rotatable bonds is 4. The van der Waals surface area contributed by atoms with Gasteiger partial charge in [-0.25, -0.2) is 15.0 Å². The normalized spacial score (nSPS) is 11.8. The lowest BCUT2D eigenvalue weighted by Gasteiger charge is -2.16. The van der Waals surface area contributed by atoms with Crippen molar-refractivity contribution in [3.63, 3.8) is 0 Å². The molecule has 0 aliphatic carbocycles. The van der Waals surface area contributed by atoms with Crippen LogP contribution >= 0.6 is 11.3 Å². The van der Waals surface area contributed by atoms with Gasteiger partial charge >= 0.3 is 0 Å². The van der Waals surface area contributed by atoms with E-state index < -0.39 is 0 Å².